The predicted octanol–water partition coefficient (Wildman–Crippen LogP) is 1.92. The van der Waals surface area contributed by atoms with Gasteiger partial charge >= 0.3 is 0 Å². The molecule has 0 spiro atoms. The number of carbonyl (C=O) groups excluding carboxylic acids is 1. The number of nitrogens with two attached hydrogens (primary N) is 2. The summed E-state index contributed by atoms with van der Waals surface area (Å²) in [5, 5.41) is 9.71. The number of piperazine rings is 1. The van der Waals surface area contributed by atoms with Crippen LogP contribution in [0.15, 0.2) is 66.4 Å². The number of nitriles is 1. The van der Waals surface area contributed by atoms with E-state index in [1.807, 2.05) is 47.4 Å². The van der Waals surface area contributed by atoms with Crippen LogP contribution in [0, 0.1) is 11.3 Å². The first kappa shape index (κ1) is 20.4. The van der Waals surface area contributed by atoms with Crippen LogP contribution in [0.4, 0.5) is 17.1 Å². The van der Waals surface area contributed by atoms with Gasteiger partial charge in [-0.05, 0) is 36.4 Å². The molecule has 0 atom stereocenters. The molecule has 0 aliphatic carbocycles. The summed E-state index contributed by atoms with van der Waals surface area (Å²) in [7, 11) is 0. The van der Waals surface area contributed by atoms with Crippen molar-refractivity contribution in [1.29, 1.82) is 5.26 Å². The normalized spacial score (nSPS) is 15.0. The Morgan fingerprint density at radius 1 is 1.03 bits per heavy atom. The van der Waals surface area contributed by atoms with Crippen molar-refractivity contribution in [1.82, 2.24) is 9.80 Å². The molecule has 7 nitrogen and oxygen atoms in total. The average molecular weight is 390 g/mol. The number of benzene rings is 2. The Kier molecular flexibility index (Phi) is 6.85. The fraction of sp³-hybridized carbons (Fsp3) is 0.273. The van der Waals surface area contributed by atoms with Crippen LogP contribution in [-0.2, 0) is 4.79 Å². The first-order valence-electron chi connectivity index (χ1n) is 9.66. The van der Waals surface area contributed by atoms with Crippen LogP contribution in [0.1, 0.15) is 0 Å². The van der Waals surface area contributed by atoms with Gasteiger partial charge in [0.25, 0.3) is 5.91 Å². The van der Waals surface area contributed by atoms with Gasteiger partial charge in [-0.25, -0.2) is 0 Å². The molecule has 2 aromatic rings. The molecule has 1 amide bonds. The van der Waals surface area contributed by atoms with Crippen LogP contribution < -0.4 is 16.4 Å². The fourth-order valence-electron chi connectivity index (χ4n) is 3.31. The molecule has 0 bridgehead atoms. The van der Waals surface area contributed by atoms with Crippen LogP contribution in [0.5, 0.6) is 0 Å². The van der Waals surface area contributed by atoms with Gasteiger partial charge in [0.05, 0.1) is 0 Å². The maximum absolute atomic E-state index is 13.0. The zero-order valence-electron chi connectivity index (χ0n) is 16.4. The van der Waals surface area contributed by atoms with Crippen molar-refractivity contribution in [2.75, 3.05) is 49.9 Å². The molecule has 1 fully saturated rings. The molecule has 1 aliphatic heterocycles. The molecule has 0 unspecified atom stereocenters. The van der Waals surface area contributed by atoms with Gasteiger partial charge in [0.2, 0.25) is 0 Å². The summed E-state index contributed by atoms with van der Waals surface area (Å²) in [5.41, 5.74) is 13.8. The number of hydrogen-bond acceptors (Lipinski definition) is 6. The zero-order valence-corrected chi connectivity index (χ0v) is 16.4. The van der Waals surface area contributed by atoms with Crippen molar-refractivity contribution < 1.29 is 4.79 Å². The molecule has 1 heterocycles. The summed E-state index contributed by atoms with van der Waals surface area (Å²) in [5.74, 6) is -0.253. The molecule has 0 radical (unpaired) electrons. The van der Waals surface area contributed by atoms with Gasteiger partial charge in [0.15, 0.2) is 0 Å². The minimum Gasteiger partial charge on any atom is -0.399 e. The van der Waals surface area contributed by atoms with E-state index in [-0.39, 0.29) is 11.5 Å². The van der Waals surface area contributed by atoms with Crippen LogP contribution in [0.3, 0.4) is 0 Å². The fourth-order valence-corrected chi connectivity index (χ4v) is 3.31. The lowest BCUT2D eigenvalue weighted by molar-refractivity contribution is -0.128. The second-order valence-corrected chi connectivity index (χ2v) is 6.87. The van der Waals surface area contributed by atoms with Gasteiger partial charge in [0.1, 0.15) is 11.6 Å². The minimum atomic E-state index is -0.253. The first-order chi connectivity index (χ1) is 14.1. The Balaban J connectivity index is 1.86. The van der Waals surface area contributed by atoms with E-state index < -0.39 is 0 Å². The number of para-hydroxylation sites is 1. The van der Waals surface area contributed by atoms with Crippen molar-refractivity contribution in [3.05, 3.63) is 66.4 Å². The second-order valence-electron chi connectivity index (χ2n) is 6.87. The first-order valence-corrected chi connectivity index (χ1v) is 9.66. The molecule has 3 rings (SSSR count). The van der Waals surface area contributed by atoms with Gasteiger partial charge in [-0.1, -0.05) is 18.2 Å². The van der Waals surface area contributed by atoms with E-state index in [1.54, 1.807) is 23.2 Å². The van der Waals surface area contributed by atoms with Crippen molar-refractivity contribution in [2.45, 2.75) is 0 Å². The number of nitrogens with zero attached hydrogens (tertiary/aromatic N) is 4. The highest BCUT2D eigenvalue weighted by atomic mass is 16.2. The zero-order chi connectivity index (χ0) is 20.6. The Morgan fingerprint density at radius 2 is 1.66 bits per heavy atom. The SMILES string of the molecule is N#C/C(=C/N(c1ccccc1)c1ccc(N)cc1)C(=O)N1CCN(CCN)CC1. The molecule has 1 aliphatic rings. The van der Waals surface area contributed by atoms with E-state index in [1.165, 1.54) is 0 Å². The largest absolute Gasteiger partial charge is 0.399 e. The third-order valence-electron chi connectivity index (χ3n) is 4.92. The standard InChI is InChI=1S/C22H26N6O/c23-10-11-26-12-14-27(15-13-26)22(29)18(16-24)17-28(20-4-2-1-3-5-20)21-8-6-19(25)7-9-21/h1-9,17H,10-15,23,25H2/b18-17-. The molecule has 0 aromatic heterocycles. The van der Waals surface area contributed by atoms with Crippen LogP contribution in [0.25, 0.3) is 0 Å². The van der Waals surface area contributed by atoms with Gasteiger partial charge in [-0.3, -0.25) is 9.69 Å². The van der Waals surface area contributed by atoms with E-state index in [4.69, 9.17) is 11.5 Å². The quantitative estimate of drug-likeness (QED) is 0.444. The highest BCUT2D eigenvalue weighted by molar-refractivity contribution is 5.98. The third kappa shape index (κ3) is 5.13. The van der Waals surface area contributed by atoms with Gasteiger partial charge < -0.3 is 21.3 Å². The maximum Gasteiger partial charge on any atom is 0.266 e. The lowest BCUT2D eigenvalue weighted by Crippen LogP contribution is -2.50. The van der Waals surface area contributed by atoms with Crippen LogP contribution >= 0.6 is 0 Å². The molecular formula is C22H26N6O. The Hall–Kier alpha value is -3.34. The number of anilines is 3. The minimum absolute atomic E-state index is 0.0953. The average Bonchev–Trinajstić information content (AvgIpc) is 2.76. The molecule has 7 heteroatoms. The van der Waals surface area contributed by atoms with Crippen LogP contribution in [-0.4, -0.2) is 55.0 Å². The second kappa shape index (κ2) is 9.73. The number of hydrogen-bond donors (Lipinski definition) is 2. The van der Waals surface area contributed by atoms with Gasteiger partial charge in [-0.15, -0.1) is 0 Å². The van der Waals surface area contributed by atoms with Crippen molar-refractivity contribution in [3.8, 4) is 6.07 Å². The highest BCUT2D eigenvalue weighted by Gasteiger charge is 2.24. The number of amides is 1. The molecule has 0 saturated carbocycles. The van der Waals surface area contributed by atoms with E-state index >= 15 is 0 Å². The van der Waals surface area contributed by atoms with E-state index in [9.17, 15) is 10.1 Å². The molecular weight excluding hydrogens is 364 g/mol. The topological polar surface area (TPSA) is 103 Å². The third-order valence-corrected chi connectivity index (χ3v) is 4.92. The number of carbonyl (C=O) groups is 1. The molecule has 4 N–H and O–H groups in total. The maximum atomic E-state index is 13.0. The predicted molar refractivity (Wildman–Crippen MR) is 115 cm³/mol. The van der Waals surface area contributed by atoms with E-state index in [0.29, 0.717) is 25.3 Å². The molecule has 2 aromatic carbocycles. The van der Waals surface area contributed by atoms with Crippen LogP contribution in [0.2, 0.25) is 0 Å². The number of rotatable bonds is 6. The Morgan fingerprint density at radius 3 is 2.24 bits per heavy atom. The Bertz CT molecular complexity index is 880. The summed E-state index contributed by atoms with van der Waals surface area (Å²) in [6, 6.07) is 19.0. The highest BCUT2D eigenvalue weighted by Crippen LogP contribution is 2.27. The summed E-state index contributed by atoms with van der Waals surface area (Å²) in [6.45, 7) is 4.13. The van der Waals surface area contributed by atoms with E-state index in [0.717, 1.165) is 31.0 Å². The van der Waals surface area contributed by atoms with Crippen molar-refractivity contribution in [3.63, 3.8) is 0 Å². The summed E-state index contributed by atoms with van der Waals surface area (Å²) in [6.07, 6.45) is 1.61. The smallest absolute Gasteiger partial charge is 0.266 e. The number of nitrogen functional groups attached to an aromatic ring is 1. The monoisotopic (exact) mass is 390 g/mol. The van der Waals surface area contributed by atoms with E-state index in [2.05, 4.69) is 11.0 Å². The lowest BCUT2D eigenvalue weighted by atomic mass is 10.2. The molecule has 29 heavy (non-hydrogen) atoms. The van der Waals surface area contributed by atoms with Crippen molar-refractivity contribution >= 4 is 23.0 Å². The Labute approximate surface area is 171 Å². The molecule has 1 saturated heterocycles. The van der Waals surface area contributed by atoms with Gasteiger partial charge in [-0.2, -0.15) is 5.26 Å². The summed E-state index contributed by atoms with van der Waals surface area (Å²) in [4.78, 5) is 18.8. The lowest BCUT2D eigenvalue weighted by Gasteiger charge is -2.34. The van der Waals surface area contributed by atoms with Crippen molar-refractivity contribution in [2.24, 2.45) is 5.73 Å². The van der Waals surface area contributed by atoms with Gasteiger partial charge in [0, 0.05) is 62.5 Å². The molecule has 150 valence electrons. The summed E-state index contributed by atoms with van der Waals surface area (Å²) >= 11 is 0. The summed E-state index contributed by atoms with van der Waals surface area (Å²) < 4.78 is 0.